The highest BCUT2D eigenvalue weighted by Crippen LogP contribution is 2.19. The topological polar surface area (TPSA) is 49.3 Å². The van der Waals surface area contributed by atoms with Gasteiger partial charge >= 0.3 is 0 Å². The Morgan fingerprint density at radius 1 is 1.14 bits per heavy atom. The van der Waals surface area contributed by atoms with Crippen LogP contribution in [0.25, 0.3) is 0 Å². The summed E-state index contributed by atoms with van der Waals surface area (Å²) in [6.07, 6.45) is 6.16. The first-order valence-corrected chi connectivity index (χ1v) is 11.0. The van der Waals surface area contributed by atoms with Crippen LogP contribution < -0.4 is 5.32 Å². The van der Waals surface area contributed by atoms with Crippen LogP contribution in [0.2, 0.25) is 0 Å². The van der Waals surface area contributed by atoms with E-state index in [4.69, 9.17) is 14.5 Å². The van der Waals surface area contributed by atoms with E-state index in [9.17, 15) is 0 Å². The maximum Gasteiger partial charge on any atom is 0.193 e. The van der Waals surface area contributed by atoms with Gasteiger partial charge in [-0.25, -0.2) is 0 Å². The molecule has 6 nitrogen and oxygen atoms in total. The summed E-state index contributed by atoms with van der Waals surface area (Å²) in [4.78, 5) is 10.0. The summed E-state index contributed by atoms with van der Waals surface area (Å²) in [7, 11) is 1.74. The van der Waals surface area contributed by atoms with E-state index in [-0.39, 0.29) is 24.0 Å². The van der Waals surface area contributed by atoms with Gasteiger partial charge in [-0.3, -0.25) is 4.99 Å². The van der Waals surface area contributed by atoms with Gasteiger partial charge in [0.2, 0.25) is 0 Å². The smallest absolute Gasteiger partial charge is 0.193 e. The number of methoxy groups -OCH3 is 1. The minimum absolute atomic E-state index is 0. The average molecular weight is 511 g/mol. The van der Waals surface area contributed by atoms with Gasteiger partial charge in [0.25, 0.3) is 0 Å². The predicted molar refractivity (Wildman–Crippen MR) is 128 cm³/mol. The van der Waals surface area contributed by atoms with E-state index in [2.05, 4.69) is 35.9 Å². The normalized spacial score (nSPS) is 22.4. The largest absolute Gasteiger partial charge is 0.385 e. The summed E-state index contributed by atoms with van der Waals surface area (Å²) in [5, 5.41) is 3.51. The van der Waals surface area contributed by atoms with E-state index in [0.717, 1.165) is 64.6 Å². The Bertz CT molecular complexity index is 429. The Labute approximate surface area is 189 Å². The number of halogens is 1. The van der Waals surface area contributed by atoms with E-state index >= 15 is 0 Å². The number of guanidine groups is 1. The van der Waals surface area contributed by atoms with Crippen LogP contribution in [-0.4, -0.2) is 87.5 Å². The summed E-state index contributed by atoms with van der Waals surface area (Å²) in [5.41, 5.74) is 0. The van der Waals surface area contributed by atoms with Crippen molar-refractivity contribution in [3.05, 3.63) is 0 Å². The molecule has 0 aromatic rings. The van der Waals surface area contributed by atoms with Crippen molar-refractivity contribution < 1.29 is 9.47 Å². The first kappa shape index (κ1) is 25.9. The number of likely N-dealkylation sites (tertiary alicyclic amines) is 2. The highest BCUT2D eigenvalue weighted by molar-refractivity contribution is 14.0. The van der Waals surface area contributed by atoms with Crippen molar-refractivity contribution in [1.29, 1.82) is 0 Å². The molecule has 2 aliphatic heterocycles. The molecule has 0 spiro atoms. The number of nitrogens with one attached hydrogen (secondary N) is 1. The molecule has 7 heteroatoms. The van der Waals surface area contributed by atoms with Gasteiger partial charge in [0.1, 0.15) is 0 Å². The molecule has 0 radical (unpaired) electrons. The van der Waals surface area contributed by atoms with E-state index in [1.54, 1.807) is 7.11 Å². The van der Waals surface area contributed by atoms with Gasteiger partial charge in [-0.2, -0.15) is 0 Å². The lowest BCUT2D eigenvalue weighted by Gasteiger charge is -2.36. The Morgan fingerprint density at radius 3 is 2.54 bits per heavy atom. The van der Waals surface area contributed by atoms with Gasteiger partial charge in [-0.1, -0.05) is 0 Å². The molecule has 2 heterocycles. The molecule has 1 unspecified atom stereocenters. The quantitative estimate of drug-likeness (QED) is 0.224. The van der Waals surface area contributed by atoms with Gasteiger partial charge in [-0.05, 0) is 65.3 Å². The summed E-state index contributed by atoms with van der Waals surface area (Å²) >= 11 is 0. The van der Waals surface area contributed by atoms with Crippen LogP contribution in [0.15, 0.2) is 4.99 Å². The first-order chi connectivity index (χ1) is 13.1. The minimum atomic E-state index is 0. The van der Waals surface area contributed by atoms with Crippen LogP contribution in [0.3, 0.4) is 0 Å². The summed E-state index contributed by atoms with van der Waals surface area (Å²) in [6.45, 7) is 14.7. The molecular formula is C21H43IN4O2. The summed E-state index contributed by atoms with van der Waals surface area (Å²) < 4.78 is 11.1. The number of hydrogen-bond acceptors (Lipinski definition) is 4. The van der Waals surface area contributed by atoms with Crippen LogP contribution >= 0.6 is 24.0 Å². The highest BCUT2D eigenvalue weighted by Gasteiger charge is 2.24. The molecule has 0 amide bonds. The molecule has 0 aliphatic carbocycles. The van der Waals surface area contributed by atoms with Crippen LogP contribution in [0.1, 0.15) is 52.9 Å². The van der Waals surface area contributed by atoms with Gasteiger partial charge < -0.3 is 24.6 Å². The Hall–Kier alpha value is -0.120. The van der Waals surface area contributed by atoms with E-state index in [1.807, 2.05) is 0 Å². The number of piperidine rings is 2. The molecule has 0 aromatic carbocycles. The van der Waals surface area contributed by atoms with Crippen LogP contribution in [0.5, 0.6) is 0 Å². The SMILES string of the molecule is CCNC(=NCC1CCCN(C(C)C)C1)N1CCC(OCCCOC)CC1.I. The second-order valence-electron chi connectivity index (χ2n) is 8.20. The lowest BCUT2D eigenvalue weighted by molar-refractivity contribution is 0.00988. The lowest BCUT2D eigenvalue weighted by atomic mass is 9.97. The molecule has 0 saturated carbocycles. The molecule has 166 valence electrons. The lowest BCUT2D eigenvalue weighted by Crippen LogP contribution is -2.47. The fourth-order valence-electron chi connectivity index (χ4n) is 4.04. The fraction of sp³-hybridized carbons (Fsp3) is 0.952. The standard InChI is InChI=1S/C21H42N4O2.HI/c1-5-22-21(23-16-19-8-6-11-25(17-19)18(2)3)24-12-9-20(10-13-24)27-15-7-14-26-4;/h18-20H,5-17H2,1-4H3,(H,22,23);1H. The molecule has 28 heavy (non-hydrogen) atoms. The number of hydrogen-bond donors (Lipinski definition) is 1. The van der Waals surface area contributed by atoms with Crippen LogP contribution in [0.4, 0.5) is 0 Å². The van der Waals surface area contributed by atoms with Crippen molar-refractivity contribution >= 4 is 29.9 Å². The number of ether oxygens (including phenoxy) is 2. The van der Waals surface area contributed by atoms with E-state index in [0.29, 0.717) is 18.1 Å². The molecule has 2 fully saturated rings. The molecule has 0 aromatic heterocycles. The van der Waals surface area contributed by atoms with Gasteiger partial charge in [0, 0.05) is 59.1 Å². The zero-order valence-electron chi connectivity index (χ0n) is 18.5. The second kappa shape index (κ2) is 14.8. The number of rotatable bonds is 9. The van der Waals surface area contributed by atoms with Crippen molar-refractivity contribution in [3.63, 3.8) is 0 Å². The second-order valence-corrected chi connectivity index (χ2v) is 8.20. The zero-order chi connectivity index (χ0) is 19.5. The first-order valence-electron chi connectivity index (χ1n) is 11.0. The van der Waals surface area contributed by atoms with Crippen molar-refractivity contribution in [2.45, 2.75) is 65.0 Å². The fourth-order valence-corrected chi connectivity index (χ4v) is 4.04. The van der Waals surface area contributed by atoms with Gasteiger partial charge in [0.15, 0.2) is 5.96 Å². The third-order valence-electron chi connectivity index (χ3n) is 5.70. The monoisotopic (exact) mass is 510 g/mol. The van der Waals surface area contributed by atoms with Crippen molar-refractivity contribution in [2.24, 2.45) is 10.9 Å². The summed E-state index contributed by atoms with van der Waals surface area (Å²) in [6, 6.07) is 0.646. The zero-order valence-corrected chi connectivity index (χ0v) is 20.8. The third kappa shape index (κ3) is 9.13. The maximum atomic E-state index is 5.99. The molecular weight excluding hydrogens is 467 g/mol. The van der Waals surface area contributed by atoms with Crippen LogP contribution in [0, 0.1) is 5.92 Å². The molecule has 0 bridgehead atoms. The van der Waals surface area contributed by atoms with Crippen molar-refractivity contribution in [2.75, 3.05) is 59.6 Å². The third-order valence-corrected chi connectivity index (χ3v) is 5.70. The highest BCUT2D eigenvalue weighted by atomic mass is 127. The van der Waals surface area contributed by atoms with Crippen molar-refractivity contribution in [1.82, 2.24) is 15.1 Å². The molecule has 2 aliphatic rings. The van der Waals surface area contributed by atoms with Crippen LogP contribution in [-0.2, 0) is 9.47 Å². The van der Waals surface area contributed by atoms with Gasteiger partial charge in [0.05, 0.1) is 6.10 Å². The molecule has 1 atom stereocenters. The molecule has 2 rings (SSSR count). The predicted octanol–water partition coefficient (Wildman–Crippen LogP) is 3.21. The number of aliphatic imine (C=N–C) groups is 1. The van der Waals surface area contributed by atoms with E-state index in [1.165, 1.54) is 25.9 Å². The van der Waals surface area contributed by atoms with Gasteiger partial charge in [-0.15, -0.1) is 24.0 Å². The Kier molecular flexibility index (Phi) is 13.7. The minimum Gasteiger partial charge on any atom is -0.385 e. The van der Waals surface area contributed by atoms with E-state index < -0.39 is 0 Å². The van der Waals surface area contributed by atoms with Crippen molar-refractivity contribution in [3.8, 4) is 0 Å². The summed E-state index contributed by atoms with van der Waals surface area (Å²) in [5.74, 6) is 1.79. The average Bonchev–Trinajstić information content (AvgIpc) is 2.69. The Morgan fingerprint density at radius 2 is 1.89 bits per heavy atom. The Balaban J connectivity index is 0.00000392. The maximum absolute atomic E-state index is 5.99. The molecule has 2 saturated heterocycles. The number of nitrogens with zero attached hydrogens (tertiary/aromatic N) is 3. The molecule has 1 N–H and O–H groups in total.